The van der Waals surface area contributed by atoms with E-state index in [-0.39, 0.29) is 11.5 Å². The van der Waals surface area contributed by atoms with Crippen molar-refractivity contribution in [1.82, 2.24) is 5.32 Å². The fraction of sp³-hybridized carbons (Fsp3) is 0.462. The van der Waals surface area contributed by atoms with Crippen molar-refractivity contribution in [3.63, 3.8) is 0 Å². The lowest BCUT2D eigenvalue weighted by molar-refractivity contribution is 0.0944. The smallest absolute Gasteiger partial charge is 0.254 e. The summed E-state index contributed by atoms with van der Waals surface area (Å²) in [6.45, 7) is 4.29. The van der Waals surface area contributed by atoms with E-state index in [9.17, 15) is 9.18 Å². The highest BCUT2D eigenvalue weighted by atomic mass is 35.5. The fourth-order valence-electron chi connectivity index (χ4n) is 1.45. The third-order valence-electron chi connectivity index (χ3n) is 2.58. The number of nitrogens with one attached hydrogen (secondary N) is 1. The summed E-state index contributed by atoms with van der Waals surface area (Å²) in [5.74, 6) is 0.0111. The number of carbonyl (C=O) groups is 1. The molecule has 94 valence electrons. The van der Waals surface area contributed by atoms with Crippen LogP contribution >= 0.6 is 11.6 Å². The van der Waals surface area contributed by atoms with Gasteiger partial charge in [-0.25, -0.2) is 4.39 Å². The summed E-state index contributed by atoms with van der Waals surface area (Å²) in [5.41, 5.74) is 0.892. The number of halogens is 2. The molecule has 0 aliphatic heterocycles. The number of rotatable bonds is 5. The highest BCUT2D eigenvalue weighted by Crippen LogP contribution is 2.10. The van der Waals surface area contributed by atoms with Crippen molar-refractivity contribution in [2.75, 3.05) is 12.4 Å². The lowest BCUT2D eigenvalue weighted by Gasteiger charge is -2.11. The van der Waals surface area contributed by atoms with E-state index < -0.39 is 5.82 Å². The highest BCUT2D eigenvalue weighted by molar-refractivity contribution is 6.17. The van der Waals surface area contributed by atoms with Gasteiger partial charge in [-0.1, -0.05) is 13.0 Å². The predicted molar refractivity (Wildman–Crippen MR) is 68.0 cm³/mol. The lowest BCUT2D eigenvalue weighted by Crippen LogP contribution is -2.29. The van der Waals surface area contributed by atoms with E-state index in [0.717, 1.165) is 12.0 Å². The average Bonchev–Trinajstić information content (AvgIpc) is 2.26. The average molecular weight is 258 g/mol. The predicted octanol–water partition coefficient (Wildman–Crippen LogP) is 3.13. The summed E-state index contributed by atoms with van der Waals surface area (Å²) in [6, 6.07) is 4.59. The highest BCUT2D eigenvalue weighted by Gasteiger charge is 2.12. The van der Waals surface area contributed by atoms with Gasteiger partial charge in [-0.05, 0) is 37.0 Å². The standard InChI is InChI=1S/C13H17ClFNO/c1-9-3-4-11(12(15)7-9)13(17)16-8-10(2)5-6-14/h3-4,7,10H,5-6,8H2,1-2H3,(H,16,17). The molecular weight excluding hydrogens is 241 g/mol. The molecule has 1 rings (SSSR count). The molecule has 0 spiro atoms. The summed E-state index contributed by atoms with van der Waals surface area (Å²) in [6.07, 6.45) is 0.832. The number of alkyl halides is 1. The Hall–Kier alpha value is -1.09. The summed E-state index contributed by atoms with van der Waals surface area (Å²) in [5, 5.41) is 2.71. The molecule has 1 N–H and O–H groups in total. The summed E-state index contributed by atoms with van der Waals surface area (Å²) >= 11 is 5.60. The second-order valence-corrected chi connectivity index (χ2v) is 4.65. The molecule has 0 radical (unpaired) electrons. The minimum absolute atomic E-state index is 0.0914. The fourth-order valence-corrected chi connectivity index (χ4v) is 1.83. The maximum absolute atomic E-state index is 13.5. The number of benzene rings is 1. The molecule has 1 aromatic carbocycles. The first-order chi connectivity index (χ1) is 8.04. The topological polar surface area (TPSA) is 29.1 Å². The Labute approximate surface area is 106 Å². The van der Waals surface area contributed by atoms with Crippen molar-refractivity contribution < 1.29 is 9.18 Å². The van der Waals surface area contributed by atoms with Gasteiger partial charge in [-0.15, -0.1) is 11.6 Å². The molecule has 0 saturated carbocycles. The molecule has 0 aliphatic rings. The third kappa shape index (κ3) is 4.35. The number of aryl methyl sites for hydroxylation is 1. The van der Waals surface area contributed by atoms with Gasteiger partial charge in [0, 0.05) is 12.4 Å². The van der Waals surface area contributed by atoms with Crippen LogP contribution in [0.3, 0.4) is 0 Å². The van der Waals surface area contributed by atoms with E-state index in [2.05, 4.69) is 5.32 Å². The Morgan fingerprint density at radius 1 is 1.53 bits per heavy atom. The SMILES string of the molecule is Cc1ccc(C(=O)NCC(C)CCCl)c(F)c1. The summed E-state index contributed by atoms with van der Waals surface area (Å²) in [7, 11) is 0. The zero-order valence-electron chi connectivity index (χ0n) is 10.1. The number of carbonyl (C=O) groups excluding carboxylic acids is 1. The van der Waals surface area contributed by atoms with E-state index in [1.54, 1.807) is 13.0 Å². The maximum atomic E-state index is 13.5. The van der Waals surface area contributed by atoms with Crippen LogP contribution in [0.4, 0.5) is 4.39 Å². The number of hydrogen-bond acceptors (Lipinski definition) is 1. The van der Waals surface area contributed by atoms with Crippen LogP contribution in [0.25, 0.3) is 0 Å². The molecule has 0 aromatic heterocycles. The molecule has 1 unspecified atom stereocenters. The molecule has 17 heavy (non-hydrogen) atoms. The molecule has 1 atom stereocenters. The minimum Gasteiger partial charge on any atom is -0.352 e. The Kier molecular flexibility index (Phi) is 5.42. The molecule has 1 aromatic rings. The molecular formula is C13H17ClFNO. The van der Waals surface area contributed by atoms with Crippen LogP contribution in [0.2, 0.25) is 0 Å². The Morgan fingerprint density at radius 3 is 2.82 bits per heavy atom. The third-order valence-corrected chi connectivity index (χ3v) is 2.80. The normalized spacial score (nSPS) is 12.2. The van der Waals surface area contributed by atoms with Gasteiger partial charge in [0.1, 0.15) is 5.82 Å². The van der Waals surface area contributed by atoms with Gasteiger partial charge in [0.25, 0.3) is 5.91 Å². The van der Waals surface area contributed by atoms with Crippen LogP contribution < -0.4 is 5.32 Å². The Bertz CT molecular complexity index is 395. The molecule has 1 amide bonds. The molecule has 0 bridgehead atoms. The monoisotopic (exact) mass is 257 g/mol. The molecule has 0 aliphatic carbocycles. The van der Waals surface area contributed by atoms with Crippen LogP contribution in [0.1, 0.15) is 29.3 Å². The quantitative estimate of drug-likeness (QED) is 0.807. The number of amides is 1. The van der Waals surface area contributed by atoms with Crippen molar-refractivity contribution in [1.29, 1.82) is 0 Å². The lowest BCUT2D eigenvalue weighted by atomic mass is 10.1. The van der Waals surface area contributed by atoms with Crippen LogP contribution in [0, 0.1) is 18.7 Å². The van der Waals surface area contributed by atoms with Crippen molar-refractivity contribution in [2.45, 2.75) is 20.3 Å². The zero-order chi connectivity index (χ0) is 12.8. The van der Waals surface area contributed by atoms with Gasteiger partial charge in [0.2, 0.25) is 0 Å². The van der Waals surface area contributed by atoms with Gasteiger partial charge in [0.05, 0.1) is 5.56 Å². The molecule has 0 heterocycles. The minimum atomic E-state index is -0.479. The van der Waals surface area contributed by atoms with E-state index in [1.165, 1.54) is 12.1 Å². The van der Waals surface area contributed by atoms with E-state index in [1.807, 2.05) is 6.92 Å². The van der Waals surface area contributed by atoms with E-state index in [0.29, 0.717) is 18.3 Å². The Balaban J connectivity index is 2.58. The molecule has 0 saturated heterocycles. The van der Waals surface area contributed by atoms with Gasteiger partial charge < -0.3 is 5.32 Å². The molecule has 0 fully saturated rings. The maximum Gasteiger partial charge on any atom is 0.254 e. The van der Waals surface area contributed by atoms with Crippen molar-refractivity contribution in [3.05, 3.63) is 35.1 Å². The first kappa shape index (κ1) is 14.0. The van der Waals surface area contributed by atoms with Gasteiger partial charge in [0.15, 0.2) is 0 Å². The van der Waals surface area contributed by atoms with Crippen molar-refractivity contribution >= 4 is 17.5 Å². The van der Waals surface area contributed by atoms with Crippen LogP contribution in [0.15, 0.2) is 18.2 Å². The number of hydrogen-bond donors (Lipinski definition) is 1. The van der Waals surface area contributed by atoms with Gasteiger partial charge in [-0.2, -0.15) is 0 Å². The largest absolute Gasteiger partial charge is 0.352 e. The summed E-state index contributed by atoms with van der Waals surface area (Å²) in [4.78, 5) is 11.7. The van der Waals surface area contributed by atoms with Crippen LogP contribution in [-0.4, -0.2) is 18.3 Å². The van der Waals surface area contributed by atoms with E-state index in [4.69, 9.17) is 11.6 Å². The first-order valence-electron chi connectivity index (χ1n) is 5.65. The van der Waals surface area contributed by atoms with Crippen molar-refractivity contribution in [3.8, 4) is 0 Å². The van der Waals surface area contributed by atoms with E-state index >= 15 is 0 Å². The van der Waals surface area contributed by atoms with Gasteiger partial charge in [-0.3, -0.25) is 4.79 Å². The van der Waals surface area contributed by atoms with Crippen molar-refractivity contribution in [2.24, 2.45) is 5.92 Å². The second-order valence-electron chi connectivity index (χ2n) is 4.28. The van der Waals surface area contributed by atoms with Gasteiger partial charge >= 0.3 is 0 Å². The summed E-state index contributed by atoms with van der Waals surface area (Å²) < 4.78 is 13.5. The molecule has 2 nitrogen and oxygen atoms in total. The Morgan fingerprint density at radius 2 is 2.24 bits per heavy atom. The van der Waals surface area contributed by atoms with Crippen LogP contribution in [-0.2, 0) is 0 Å². The second kappa shape index (κ2) is 6.60. The van der Waals surface area contributed by atoms with Crippen LogP contribution in [0.5, 0.6) is 0 Å². The molecule has 4 heteroatoms. The first-order valence-corrected chi connectivity index (χ1v) is 6.18. The zero-order valence-corrected chi connectivity index (χ0v) is 10.9.